The Labute approximate surface area is 126 Å². The molecule has 0 spiro atoms. The Hall–Kier alpha value is -1.33. The lowest BCUT2D eigenvalue weighted by Gasteiger charge is -2.32. The minimum absolute atomic E-state index is 0.118. The molecular weight excluding hydrogens is 265 g/mol. The zero-order valence-electron chi connectivity index (χ0n) is 13.4. The molecule has 5 heteroatoms. The predicted octanol–water partition coefficient (Wildman–Crippen LogP) is 1.96. The van der Waals surface area contributed by atoms with Gasteiger partial charge >= 0.3 is 7.12 Å². The molecule has 21 heavy (non-hydrogen) atoms. The van der Waals surface area contributed by atoms with Crippen molar-refractivity contribution in [2.75, 3.05) is 6.54 Å². The molecule has 1 aromatic rings. The summed E-state index contributed by atoms with van der Waals surface area (Å²) in [6.07, 6.45) is 0. The highest BCUT2D eigenvalue weighted by Crippen LogP contribution is 2.36. The van der Waals surface area contributed by atoms with Gasteiger partial charge in [0.1, 0.15) is 0 Å². The van der Waals surface area contributed by atoms with Crippen LogP contribution in [0.3, 0.4) is 0 Å². The van der Waals surface area contributed by atoms with Crippen LogP contribution in [0.5, 0.6) is 0 Å². The minimum Gasteiger partial charge on any atom is -0.399 e. The molecule has 0 aliphatic carbocycles. The molecule has 1 aromatic carbocycles. The SMILES string of the molecule is CCN1Cc2cc(B3OC(C)(C)C(C)(C)O3)ccc2C1=O. The molecule has 4 nitrogen and oxygen atoms in total. The van der Waals surface area contributed by atoms with E-state index in [-0.39, 0.29) is 24.2 Å². The molecule has 1 saturated heterocycles. The summed E-state index contributed by atoms with van der Waals surface area (Å²) in [6.45, 7) is 11.6. The molecule has 112 valence electrons. The second kappa shape index (κ2) is 4.58. The van der Waals surface area contributed by atoms with Gasteiger partial charge in [-0.25, -0.2) is 0 Å². The molecule has 1 fully saturated rings. The van der Waals surface area contributed by atoms with Gasteiger partial charge in [-0.1, -0.05) is 12.1 Å². The molecule has 0 atom stereocenters. The topological polar surface area (TPSA) is 38.8 Å². The number of benzene rings is 1. The molecule has 0 N–H and O–H groups in total. The molecule has 1 amide bonds. The highest BCUT2D eigenvalue weighted by molar-refractivity contribution is 6.62. The average Bonchev–Trinajstić information content (AvgIpc) is 2.84. The van der Waals surface area contributed by atoms with Crippen LogP contribution in [0.2, 0.25) is 0 Å². The standard InChI is InChI=1S/C16H22BNO3/c1-6-18-10-11-9-12(7-8-13(11)14(18)19)17-20-15(2,3)16(4,5)21-17/h7-9H,6,10H2,1-5H3. The maximum Gasteiger partial charge on any atom is 0.494 e. The second-order valence-electron chi connectivity index (χ2n) is 6.82. The van der Waals surface area contributed by atoms with E-state index in [1.165, 1.54) is 0 Å². The van der Waals surface area contributed by atoms with E-state index in [2.05, 4.69) is 0 Å². The third kappa shape index (κ3) is 2.19. The van der Waals surface area contributed by atoms with Crippen LogP contribution in [0, 0.1) is 0 Å². The summed E-state index contributed by atoms with van der Waals surface area (Å²) >= 11 is 0. The van der Waals surface area contributed by atoms with Gasteiger partial charge in [0.05, 0.1) is 11.2 Å². The molecule has 2 heterocycles. The Morgan fingerprint density at radius 2 is 1.81 bits per heavy atom. The molecule has 0 saturated carbocycles. The van der Waals surface area contributed by atoms with Crippen molar-refractivity contribution >= 4 is 18.5 Å². The first kappa shape index (κ1) is 14.6. The van der Waals surface area contributed by atoms with Gasteiger partial charge in [0.15, 0.2) is 0 Å². The maximum atomic E-state index is 12.1. The monoisotopic (exact) mass is 287 g/mol. The number of rotatable bonds is 2. The Morgan fingerprint density at radius 1 is 1.19 bits per heavy atom. The number of nitrogens with zero attached hydrogens (tertiary/aromatic N) is 1. The third-order valence-electron chi connectivity index (χ3n) is 4.92. The lowest BCUT2D eigenvalue weighted by molar-refractivity contribution is 0.00578. The first-order chi connectivity index (χ1) is 9.75. The fraction of sp³-hybridized carbons (Fsp3) is 0.562. The molecular formula is C16H22BNO3. The maximum absolute atomic E-state index is 12.1. The van der Waals surface area contributed by atoms with Crippen LogP contribution in [0.15, 0.2) is 18.2 Å². The van der Waals surface area contributed by atoms with Crippen molar-refractivity contribution in [1.29, 1.82) is 0 Å². The first-order valence-corrected chi connectivity index (χ1v) is 7.53. The van der Waals surface area contributed by atoms with Crippen molar-refractivity contribution in [2.24, 2.45) is 0 Å². The Kier molecular flexibility index (Phi) is 3.19. The highest BCUT2D eigenvalue weighted by atomic mass is 16.7. The van der Waals surface area contributed by atoms with Crippen LogP contribution < -0.4 is 5.46 Å². The van der Waals surface area contributed by atoms with Gasteiger partial charge < -0.3 is 14.2 Å². The summed E-state index contributed by atoms with van der Waals surface area (Å²) in [6, 6.07) is 5.89. The van der Waals surface area contributed by atoms with Crippen molar-refractivity contribution < 1.29 is 14.1 Å². The molecule has 3 rings (SSSR count). The zero-order valence-corrected chi connectivity index (χ0v) is 13.4. The largest absolute Gasteiger partial charge is 0.494 e. The Balaban J connectivity index is 1.89. The highest BCUT2D eigenvalue weighted by Gasteiger charge is 2.51. The Bertz CT molecular complexity index is 581. The number of hydrogen-bond acceptors (Lipinski definition) is 3. The normalized spacial score (nSPS) is 22.8. The van der Waals surface area contributed by atoms with Crippen LogP contribution in [0.4, 0.5) is 0 Å². The second-order valence-corrected chi connectivity index (χ2v) is 6.82. The van der Waals surface area contributed by atoms with Gasteiger partial charge in [0, 0.05) is 18.7 Å². The fourth-order valence-corrected chi connectivity index (χ4v) is 2.78. The number of fused-ring (bicyclic) bond motifs is 1. The van der Waals surface area contributed by atoms with E-state index in [0.29, 0.717) is 6.54 Å². The van der Waals surface area contributed by atoms with Gasteiger partial charge in [0.2, 0.25) is 0 Å². The molecule has 0 bridgehead atoms. The Morgan fingerprint density at radius 3 is 2.38 bits per heavy atom. The van der Waals surface area contributed by atoms with Gasteiger partial charge in [0.25, 0.3) is 5.91 Å². The van der Waals surface area contributed by atoms with Gasteiger partial charge in [-0.3, -0.25) is 4.79 Å². The van der Waals surface area contributed by atoms with Crippen LogP contribution in [-0.4, -0.2) is 35.7 Å². The molecule has 0 radical (unpaired) electrons. The number of amides is 1. The summed E-state index contributed by atoms with van der Waals surface area (Å²) in [5.74, 6) is 0.118. The summed E-state index contributed by atoms with van der Waals surface area (Å²) < 4.78 is 12.1. The summed E-state index contributed by atoms with van der Waals surface area (Å²) in [4.78, 5) is 14.0. The summed E-state index contributed by atoms with van der Waals surface area (Å²) in [5, 5.41) is 0. The van der Waals surface area contributed by atoms with Crippen molar-refractivity contribution in [3.63, 3.8) is 0 Å². The van der Waals surface area contributed by atoms with Crippen molar-refractivity contribution in [2.45, 2.75) is 52.4 Å². The lowest BCUT2D eigenvalue weighted by atomic mass is 9.78. The van der Waals surface area contributed by atoms with E-state index in [1.54, 1.807) is 0 Å². The van der Waals surface area contributed by atoms with E-state index in [1.807, 2.05) is 57.7 Å². The van der Waals surface area contributed by atoms with Gasteiger partial charge in [-0.2, -0.15) is 0 Å². The number of hydrogen-bond donors (Lipinski definition) is 0. The molecule has 2 aliphatic rings. The van der Waals surface area contributed by atoms with Crippen LogP contribution in [-0.2, 0) is 15.9 Å². The van der Waals surface area contributed by atoms with E-state index in [0.717, 1.165) is 23.1 Å². The first-order valence-electron chi connectivity index (χ1n) is 7.53. The van der Waals surface area contributed by atoms with Gasteiger partial charge in [-0.15, -0.1) is 0 Å². The lowest BCUT2D eigenvalue weighted by Crippen LogP contribution is -2.41. The van der Waals surface area contributed by atoms with Gasteiger partial charge in [-0.05, 0) is 51.7 Å². The molecule has 0 unspecified atom stereocenters. The van der Waals surface area contributed by atoms with Crippen molar-refractivity contribution in [3.05, 3.63) is 29.3 Å². The zero-order chi connectivity index (χ0) is 15.4. The summed E-state index contributed by atoms with van der Waals surface area (Å²) in [5.41, 5.74) is 2.16. The average molecular weight is 287 g/mol. The predicted molar refractivity (Wildman–Crippen MR) is 82.6 cm³/mol. The fourth-order valence-electron chi connectivity index (χ4n) is 2.78. The van der Waals surface area contributed by atoms with E-state index in [9.17, 15) is 4.79 Å². The van der Waals surface area contributed by atoms with Crippen LogP contribution in [0.25, 0.3) is 0 Å². The van der Waals surface area contributed by atoms with E-state index >= 15 is 0 Å². The molecule has 2 aliphatic heterocycles. The third-order valence-corrected chi connectivity index (χ3v) is 4.92. The minimum atomic E-state index is -0.369. The van der Waals surface area contributed by atoms with E-state index in [4.69, 9.17) is 9.31 Å². The number of carbonyl (C=O) groups is 1. The smallest absolute Gasteiger partial charge is 0.399 e. The number of carbonyl (C=O) groups excluding carboxylic acids is 1. The summed E-state index contributed by atoms with van der Waals surface area (Å²) in [7, 11) is -0.369. The van der Waals surface area contributed by atoms with Crippen molar-refractivity contribution in [1.82, 2.24) is 4.90 Å². The van der Waals surface area contributed by atoms with E-state index < -0.39 is 0 Å². The van der Waals surface area contributed by atoms with Crippen molar-refractivity contribution in [3.8, 4) is 0 Å². The van der Waals surface area contributed by atoms with Crippen LogP contribution >= 0.6 is 0 Å². The molecule has 0 aromatic heterocycles. The van der Waals surface area contributed by atoms with Crippen LogP contribution in [0.1, 0.15) is 50.5 Å². The quantitative estimate of drug-likeness (QED) is 0.781.